The molecule has 1 aliphatic heterocycles. The minimum Gasteiger partial charge on any atom is -0.489 e. The molecular formula is C20H22ClNO3. The van der Waals surface area contributed by atoms with E-state index in [1.165, 1.54) is 0 Å². The van der Waals surface area contributed by atoms with Crippen molar-refractivity contribution < 1.29 is 14.3 Å². The molecule has 0 saturated heterocycles. The Hall–Kier alpha value is -2.20. The fourth-order valence-electron chi connectivity index (χ4n) is 2.96. The summed E-state index contributed by atoms with van der Waals surface area (Å²) in [6.45, 7) is 5.78. The van der Waals surface area contributed by atoms with Crippen LogP contribution in [0.1, 0.15) is 24.5 Å². The van der Waals surface area contributed by atoms with Crippen LogP contribution in [0.3, 0.4) is 0 Å². The summed E-state index contributed by atoms with van der Waals surface area (Å²) >= 11 is 6.32. The molecule has 4 nitrogen and oxygen atoms in total. The van der Waals surface area contributed by atoms with Crippen molar-refractivity contribution >= 4 is 23.2 Å². The Labute approximate surface area is 153 Å². The SMILES string of the molecule is CCN(C(=O)Cc1cc(Cl)c2c(c1)OCCCO2)c1cccc(C)c1. The molecule has 132 valence electrons. The maximum Gasteiger partial charge on any atom is 0.231 e. The lowest BCUT2D eigenvalue weighted by Gasteiger charge is -2.22. The molecule has 3 rings (SSSR count). The summed E-state index contributed by atoms with van der Waals surface area (Å²) in [5.74, 6) is 1.21. The number of rotatable bonds is 4. The Bertz CT molecular complexity index is 776. The molecule has 0 radical (unpaired) electrons. The zero-order chi connectivity index (χ0) is 17.8. The molecule has 0 bridgehead atoms. The van der Waals surface area contributed by atoms with E-state index in [-0.39, 0.29) is 12.3 Å². The number of hydrogen-bond donors (Lipinski definition) is 0. The van der Waals surface area contributed by atoms with Gasteiger partial charge in [0.25, 0.3) is 0 Å². The number of fused-ring (bicyclic) bond motifs is 1. The van der Waals surface area contributed by atoms with Crippen molar-refractivity contribution in [3.8, 4) is 11.5 Å². The van der Waals surface area contributed by atoms with E-state index in [1.54, 1.807) is 11.0 Å². The van der Waals surface area contributed by atoms with Gasteiger partial charge >= 0.3 is 0 Å². The molecule has 25 heavy (non-hydrogen) atoms. The highest BCUT2D eigenvalue weighted by atomic mass is 35.5. The summed E-state index contributed by atoms with van der Waals surface area (Å²) in [7, 11) is 0. The van der Waals surface area contributed by atoms with Crippen LogP contribution in [0, 0.1) is 6.92 Å². The number of carbonyl (C=O) groups excluding carboxylic acids is 1. The maximum atomic E-state index is 12.8. The second-order valence-corrected chi connectivity index (χ2v) is 6.52. The Morgan fingerprint density at radius 3 is 2.76 bits per heavy atom. The van der Waals surface area contributed by atoms with Gasteiger partial charge in [0.05, 0.1) is 24.7 Å². The van der Waals surface area contributed by atoms with Crippen LogP contribution in [0.15, 0.2) is 36.4 Å². The molecule has 1 amide bonds. The Kier molecular flexibility index (Phi) is 5.49. The second kappa shape index (κ2) is 7.79. The minimum absolute atomic E-state index is 0.0265. The largest absolute Gasteiger partial charge is 0.489 e. The van der Waals surface area contributed by atoms with Crippen LogP contribution < -0.4 is 14.4 Å². The average Bonchev–Trinajstić information content (AvgIpc) is 2.81. The normalized spacial score (nSPS) is 13.2. The number of ether oxygens (including phenoxy) is 2. The van der Waals surface area contributed by atoms with Crippen molar-refractivity contribution in [2.75, 3.05) is 24.7 Å². The van der Waals surface area contributed by atoms with Gasteiger partial charge < -0.3 is 14.4 Å². The lowest BCUT2D eigenvalue weighted by molar-refractivity contribution is -0.117. The lowest BCUT2D eigenvalue weighted by atomic mass is 10.1. The molecule has 0 N–H and O–H groups in total. The molecule has 2 aromatic rings. The van der Waals surface area contributed by atoms with Crippen molar-refractivity contribution in [1.82, 2.24) is 0 Å². The van der Waals surface area contributed by atoms with Gasteiger partial charge in [-0.3, -0.25) is 4.79 Å². The van der Waals surface area contributed by atoms with Crippen LogP contribution in [0.4, 0.5) is 5.69 Å². The molecule has 0 aliphatic carbocycles. The van der Waals surface area contributed by atoms with Gasteiger partial charge in [0.1, 0.15) is 0 Å². The van der Waals surface area contributed by atoms with E-state index in [1.807, 2.05) is 44.2 Å². The van der Waals surface area contributed by atoms with E-state index in [4.69, 9.17) is 21.1 Å². The topological polar surface area (TPSA) is 38.8 Å². The molecule has 0 aromatic heterocycles. The number of amides is 1. The molecule has 0 fully saturated rings. The maximum absolute atomic E-state index is 12.8. The Morgan fingerprint density at radius 2 is 2.00 bits per heavy atom. The number of hydrogen-bond acceptors (Lipinski definition) is 3. The van der Waals surface area contributed by atoms with E-state index < -0.39 is 0 Å². The highest BCUT2D eigenvalue weighted by Gasteiger charge is 2.19. The summed E-state index contributed by atoms with van der Waals surface area (Å²) in [5.41, 5.74) is 2.86. The van der Waals surface area contributed by atoms with Crippen LogP contribution in [0.2, 0.25) is 5.02 Å². The number of likely N-dealkylation sites (N-methyl/N-ethyl adjacent to an activating group) is 1. The third kappa shape index (κ3) is 4.07. The molecule has 0 spiro atoms. The fraction of sp³-hybridized carbons (Fsp3) is 0.350. The average molecular weight is 360 g/mol. The predicted molar refractivity (Wildman–Crippen MR) is 100.0 cm³/mol. The number of nitrogens with zero attached hydrogens (tertiary/aromatic N) is 1. The number of anilines is 1. The van der Waals surface area contributed by atoms with Crippen LogP contribution in [-0.2, 0) is 11.2 Å². The third-order valence-electron chi connectivity index (χ3n) is 4.15. The van der Waals surface area contributed by atoms with Gasteiger partial charge in [0.2, 0.25) is 5.91 Å². The summed E-state index contributed by atoms with van der Waals surface area (Å²) in [6.07, 6.45) is 1.08. The number of benzene rings is 2. The molecule has 1 aliphatic rings. The fourth-order valence-corrected chi connectivity index (χ4v) is 3.24. The zero-order valence-corrected chi connectivity index (χ0v) is 15.3. The van der Waals surface area contributed by atoms with Crippen LogP contribution in [0.25, 0.3) is 0 Å². The quantitative estimate of drug-likeness (QED) is 0.811. The van der Waals surface area contributed by atoms with Crippen LogP contribution >= 0.6 is 11.6 Å². The highest BCUT2D eigenvalue weighted by molar-refractivity contribution is 6.32. The van der Waals surface area contributed by atoms with Crippen molar-refractivity contribution in [3.63, 3.8) is 0 Å². The first-order chi connectivity index (χ1) is 12.1. The van der Waals surface area contributed by atoms with E-state index in [0.29, 0.717) is 36.3 Å². The van der Waals surface area contributed by atoms with Gasteiger partial charge in [0, 0.05) is 18.7 Å². The van der Waals surface area contributed by atoms with E-state index >= 15 is 0 Å². The smallest absolute Gasteiger partial charge is 0.231 e. The molecule has 1 heterocycles. The summed E-state index contributed by atoms with van der Waals surface area (Å²) in [4.78, 5) is 14.6. The van der Waals surface area contributed by atoms with Gasteiger partial charge in [-0.15, -0.1) is 0 Å². The Morgan fingerprint density at radius 1 is 1.20 bits per heavy atom. The highest BCUT2D eigenvalue weighted by Crippen LogP contribution is 2.38. The van der Waals surface area contributed by atoms with Crippen molar-refractivity contribution in [2.45, 2.75) is 26.7 Å². The lowest BCUT2D eigenvalue weighted by Crippen LogP contribution is -2.32. The summed E-state index contributed by atoms with van der Waals surface area (Å²) < 4.78 is 11.3. The van der Waals surface area contributed by atoms with E-state index in [9.17, 15) is 4.79 Å². The molecule has 0 atom stereocenters. The van der Waals surface area contributed by atoms with Gasteiger partial charge in [-0.25, -0.2) is 0 Å². The second-order valence-electron chi connectivity index (χ2n) is 6.11. The summed E-state index contributed by atoms with van der Waals surface area (Å²) in [5, 5.41) is 0.487. The minimum atomic E-state index is 0.0265. The first kappa shape index (κ1) is 17.6. The number of halogens is 1. The molecule has 5 heteroatoms. The van der Waals surface area contributed by atoms with Gasteiger partial charge in [0.15, 0.2) is 11.5 Å². The monoisotopic (exact) mass is 359 g/mol. The van der Waals surface area contributed by atoms with Gasteiger partial charge in [-0.2, -0.15) is 0 Å². The predicted octanol–water partition coefficient (Wildman–Crippen LogP) is 4.41. The van der Waals surface area contributed by atoms with Crippen LogP contribution in [0.5, 0.6) is 11.5 Å². The molecule has 0 unspecified atom stereocenters. The Balaban J connectivity index is 1.82. The van der Waals surface area contributed by atoms with Crippen molar-refractivity contribution in [1.29, 1.82) is 0 Å². The molecule has 0 saturated carbocycles. The number of carbonyl (C=O) groups is 1. The van der Waals surface area contributed by atoms with E-state index in [2.05, 4.69) is 0 Å². The molecular weight excluding hydrogens is 338 g/mol. The third-order valence-corrected chi connectivity index (χ3v) is 4.43. The first-order valence-electron chi connectivity index (χ1n) is 8.53. The standard InChI is InChI=1S/C20H22ClNO3/c1-3-22(16-7-4-6-14(2)10-16)19(23)13-15-11-17(21)20-18(12-15)24-8-5-9-25-20/h4,6-7,10-12H,3,5,8-9,13H2,1-2H3. The zero-order valence-electron chi connectivity index (χ0n) is 14.5. The van der Waals surface area contributed by atoms with Crippen molar-refractivity contribution in [2.24, 2.45) is 0 Å². The van der Waals surface area contributed by atoms with Gasteiger partial charge in [-0.05, 0) is 49.2 Å². The van der Waals surface area contributed by atoms with E-state index in [0.717, 1.165) is 23.2 Å². The summed E-state index contributed by atoms with van der Waals surface area (Å²) in [6, 6.07) is 11.6. The number of aryl methyl sites for hydroxylation is 1. The first-order valence-corrected chi connectivity index (χ1v) is 8.91. The van der Waals surface area contributed by atoms with Gasteiger partial charge in [-0.1, -0.05) is 23.7 Å². The van der Waals surface area contributed by atoms with Crippen molar-refractivity contribution in [3.05, 3.63) is 52.5 Å². The molecule has 2 aromatic carbocycles. The van der Waals surface area contributed by atoms with Crippen LogP contribution in [-0.4, -0.2) is 25.7 Å².